The smallest absolute Gasteiger partial charge is 0.180 e. The van der Waals surface area contributed by atoms with E-state index >= 15 is 0 Å². The van der Waals surface area contributed by atoms with Crippen LogP contribution in [0.1, 0.15) is 25.7 Å². The Labute approximate surface area is 106 Å². The third kappa shape index (κ3) is 3.63. The monoisotopic (exact) mass is 246 g/mol. The lowest BCUT2D eigenvalue weighted by atomic mass is 10.2. The third-order valence-electron chi connectivity index (χ3n) is 2.72. The Balaban J connectivity index is 1.81. The summed E-state index contributed by atoms with van der Waals surface area (Å²) in [5.41, 5.74) is 1.48. The Morgan fingerprint density at radius 1 is 1.00 bits per heavy atom. The molecule has 0 unspecified atom stereocenters. The minimum Gasteiger partial charge on any atom is -0.396 e. The number of hydrogen-bond donors (Lipinski definition) is 2. The van der Waals surface area contributed by atoms with Crippen molar-refractivity contribution in [2.75, 3.05) is 18.5 Å². The number of rotatable bonds is 7. The van der Waals surface area contributed by atoms with Gasteiger partial charge in [0.05, 0.1) is 0 Å². The quantitative estimate of drug-likeness (QED) is 0.731. The van der Waals surface area contributed by atoms with E-state index in [9.17, 15) is 0 Å². The van der Waals surface area contributed by atoms with E-state index in [1.807, 2.05) is 12.1 Å². The normalized spacial score (nSPS) is 10.7. The summed E-state index contributed by atoms with van der Waals surface area (Å²) in [5, 5.41) is 11.9. The predicted octanol–water partition coefficient (Wildman–Crippen LogP) is 1.99. The number of anilines is 1. The first-order valence-electron chi connectivity index (χ1n) is 6.32. The lowest BCUT2D eigenvalue weighted by molar-refractivity contribution is 0.283. The Morgan fingerprint density at radius 2 is 1.83 bits per heavy atom. The number of aliphatic hydroxyl groups excluding tert-OH is 1. The minimum absolute atomic E-state index is 0.290. The second kappa shape index (κ2) is 6.86. The van der Waals surface area contributed by atoms with E-state index in [0.717, 1.165) is 43.6 Å². The molecular formula is C13H18N4O. The molecule has 0 fully saturated rings. The molecule has 0 bridgehead atoms. The van der Waals surface area contributed by atoms with Crippen LogP contribution in [-0.2, 0) is 0 Å². The Morgan fingerprint density at radius 3 is 2.72 bits per heavy atom. The predicted molar refractivity (Wildman–Crippen MR) is 71.4 cm³/mol. The molecule has 0 spiro atoms. The van der Waals surface area contributed by atoms with Gasteiger partial charge in [0.1, 0.15) is 11.3 Å². The van der Waals surface area contributed by atoms with Gasteiger partial charge in [-0.2, -0.15) is 0 Å². The number of fused-ring (bicyclic) bond motifs is 1. The summed E-state index contributed by atoms with van der Waals surface area (Å²) in [7, 11) is 0. The van der Waals surface area contributed by atoms with Gasteiger partial charge in [-0.25, -0.2) is 9.97 Å². The van der Waals surface area contributed by atoms with E-state index in [0.29, 0.717) is 12.3 Å². The van der Waals surface area contributed by atoms with Crippen LogP contribution in [0.4, 0.5) is 5.82 Å². The van der Waals surface area contributed by atoms with Crippen LogP contribution < -0.4 is 5.32 Å². The van der Waals surface area contributed by atoms with Gasteiger partial charge in [0.25, 0.3) is 0 Å². The Kier molecular flexibility index (Phi) is 4.84. The summed E-state index contributed by atoms with van der Waals surface area (Å²) in [6, 6.07) is 3.84. The van der Waals surface area contributed by atoms with Gasteiger partial charge in [-0.3, -0.25) is 4.98 Å². The van der Waals surface area contributed by atoms with Gasteiger partial charge >= 0.3 is 0 Å². The Hall–Kier alpha value is -1.75. The van der Waals surface area contributed by atoms with Gasteiger partial charge in [0.15, 0.2) is 5.65 Å². The van der Waals surface area contributed by atoms with Crippen LogP contribution in [0.15, 0.2) is 24.5 Å². The maximum atomic E-state index is 8.66. The van der Waals surface area contributed by atoms with Crippen molar-refractivity contribution in [3.05, 3.63) is 24.5 Å². The zero-order valence-corrected chi connectivity index (χ0v) is 10.3. The number of pyridine rings is 1. The summed E-state index contributed by atoms with van der Waals surface area (Å²) in [6.45, 7) is 1.18. The molecule has 0 atom stereocenters. The minimum atomic E-state index is 0.290. The van der Waals surface area contributed by atoms with E-state index in [-0.39, 0.29) is 0 Å². The molecule has 2 heterocycles. The van der Waals surface area contributed by atoms with Crippen LogP contribution in [-0.4, -0.2) is 33.2 Å². The second-order valence-corrected chi connectivity index (χ2v) is 4.16. The molecule has 0 amide bonds. The number of nitrogens with zero attached hydrogens (tertiary/aromatic N) is 3. The molecule has 18 heavy (non-hydrogen) atoms. The number of aromatic nitrogens is 3. The maximum absolute atomic E-state index is 8.66. The zero-order valence-electron chi connectivity index (χ0n) is 10.3. The topological polar surface area (TPSA) is 70.9 Å². The summed E-state index contributed by atoms with van der Waals surface area (Å²) in [6.07, 6.45) is 7.49. The highest BCUT2D eigenvalue weighted by atomic mass is 16.2. The summed E-state index contributed by atoms with van der Waals surface area (Å²) in [5.74, 6) is 0.838. The first-order valence-corrected chi connectivity index (χ1v) is 6.32. The molecule has 2 aromatic rings. The molecule has 0 aliphatic carbocycles. The Bertz CT molecular complexity index is 489. The molecule has 0 aromatic carbocycles. The van der Waals surface area contributed by atoms with Crippen molar-refractivity contribution >= 4 is 17.0 Å². The van der Waals surface area contributed by atoms with Crippen LogP contribution in [0.3, 0.4) is 0 Å². The molecule has 5 nitrogen and oxygen atoms in total. The van der Waals surface area contributed by atoms with E-state index in [1.165, 1.54) is 0 Å². The molecular weight excluding hydrogens is 228 g/mol. The van der Waals surface area contributed by atoms with Crippen molar-refractivity contribution in [2.45, 2.75) is 25.7 Å². The molecule has 0 aliphatic heterocycles. The number of hydrogen-bond acceptors (Lipinski definition) is 5. The molecule has 2 aromatic heterocycles. The van der Waals surface area contributed by atoms with E-state index in [2.05, 4.69) is 20.3 Å². The lowest BCUT2D eigenvalue weighted by Crippen LogP contribution is -2.03. The summed E-state index contributed by atoms with van der Waals surface area (Å²) in [4.78, 5) is 12.7. The van der Waals surface area contributed by atoms with Crippen molar-refractivity contribution in [1.82, 2.24) is 15.0 Å². The molecule has 5 heteroatoms. The fourth-order valence-corrected chi connectivity index (χ4v) is 1.76. The van der Waals surface area contributed by atoms with Crippen LogP contribution in [0.2, 0.25) is 0 Å². The molecule has 0 aliphatic rings. The molecule has 0 saturated heterocycles. The average Bonchev–Trinajstić information content (AvgIpc) is 2.42. The molecule has 0 radical (unpaired) electrons. The van der Waals surface area contributed by atoms with Gasteiger partial charge in [0, 0.05) is 25.5 Å². The summed E-state index contributed by atoms with van der Waals surface area (Å²) < 4.78 is 0. The largest absolute Gasteiger partial charge is 0.396 e. The fraction of sp³-hybridized carbons (Fsp3) is 0.462. The number of nitrogens with one attached hydrogen (secondary N) is 1. The highest BCUT2D eigenvalue weighted by Gasteiger charge is 1.98. The van der Waals surface area contributed by atoms with Gasteiger partial charge in [-0.05, 0) is 25.0 Å². The number of unbranched alkanes of at least 4 members (excludes halogenated alkanes) is 3. The summed E-state index contributed by atoms with van der Waals surface area (Å²) >= 11 is 0. The highest BCUT2D eigenvalue weighted by molar-refractivity contribution is 5.71. The molecule has 2 rings (SSSR count). The van der Waals surface area contributed by atoms with E-state index < -0.39 is 0 Å². The fourth-order valence-electron chi connectivity index (χ4n) is 1.76. The average molecular weight is 246 g/mol. The zero-order chi connectivity index (χ0) is 12.6. The molecule has 2 N–H and O–H groups in total. The van der Waals surface area contributed by atoms with Crippen LogP contribution in [0.5, 0.6) is 0 Å². The van der Waals surface area contributed by atoms with Crippen LogP contribution >= 0.6 is 0 Å². The van der Waals surface area contributed by atoms with Gasteiger partial charge in [-0.1, -0.05) is 12.8 Å². The lowest BCUT2D eigenvalue weighted by Gasteiger charge is -2.05. The van der Waals surface area contributed by atoms with Crippen LogP contribution in [0.25, 0.3) is 11.2 Å². The molecule has 0 saturated carbocycles. The van der Waals surface area contributed by atoms with Crippen molar-refractivity contribution in [2.24, 2.45) is 0 Å². The third-order valence-corrected chi connectivity index (χ3v) is 2.72. The SMILES string of the molecule is OCCCCCCNc1ccc2nccnc2n1. The van der Waals surface area contributed by atoms with E-state index in [1.54, 1.807) is 12.4 Å². The first kappa shape index (κ1) is 12.7. The second-order valence-electron chi connectivity index (χ2n) is 4.16. The van der Waals surface area contributed by atoms with Crippen molar-refractivity contribution < 1.29 is 5.11 Å². The van der Waals surface area contributed by atoms with Crippen molar-refractivity contribution in [3.8, 4) is 0 Å². The van der Waals surface area contributed by atoms with E-state index in [4.69, 9.17) is 5.11 Å². The van der Waals surface area contributed by atoms with Gasteiger partial charge in [-0.15, -0.1) is 0 Å². The van der Waals surface area contributed by atoms with Gasteiger partial charge < -0.3 is 10.4 Å². The maximum Gasteiger partial charge on any atom is 0.180 e. The van der Waals surface area contributed by atoms with Crippen molar-refractivity contribution in [3.63, 3.8) is 0 Å². The number of aliphatic hydroxyl groups is 1. The first-order chi connectivity index (χ1) is 8.90. The molecule has 96 valence electrons. The van der Waals surface area contributed by atoms with Crippen LogP contribution in [0, 0.1) is 0 Å². The van der Waals surface area contributed by atoms with Crippen molar-refractivity contribution in [1.29, 1.82) is 0 Å². The highest BCUT2D eigenvalue weighted by Crippen LogP contribution is 2.10. The standard InChI is InChI=1S/C13H18N4O/c18-10-4-2-1-3-7-15-12-6-5-11-13(17-12)16-9-8-14-11/h5-6,8-9,18H,1-4,7,10H2,(H,15,16,17). The van der Waals surface area contributed by atoms with Gasteiger partial charge in [0.2, 0.25) is 0 Å².